The molecule has 1 aliphatic heterocycles. The highest BCUT2D eigenvalue weighted by Gasteiger charge is 2.18. The van der Waals surface area contributed by atoms with Crippen LogP contribution in [0, 0.1) is 11.8 Å². The number of likely N-dealkylation sites (tertiary alicyclic amines) is 1. The molecule has 1 aromatic rings. The highest BCUT2D eigenvalue weighted by molar-refractivity contribution is 5.03. The Morgan fingerprint density at radius 1 is 1.30 bits per heavy atom. The van der Waals surface area contributed by atoms with Gasteiger partial charge in [-0.1, -0.05) is 19.9 Å². The Labute approximate surface area is 123 Å². The molecule has 1 fully saturated rings. The fraction of sp³-hybridized carbons (Fsp3) is 0.706. The zero-order chi connectivity index (χ0) is 14.2. The van der Waals surface area contributed by atoms with Crippen molar-refractivity contribution in [2.45, 2.75) is 33.1 Å². The van der Waals surface area contributed by atoms with Gasteiger partial charge in [0, 0.05) is 24.9 Å². The summed E-state index contributed by atoms with van der Waals surface area (Å²) in [5.74, 6) is 1.63. The van der Waals surface area contributed by atoms with Gasteiger partial charge in [0.25, 0.3) is 0 Å². The largest absolute Gasteiger partial charge is 0.316 e. The molecular weight excluding hydrogens is 246 g/mol. The molecule has 0 atom stereocenters. The first-order valence-electron chi connectivity index (χ1n) is 8.07. The number of piperidine rings is 1. The Morgan fingerprint density at radius 3 is 2.75 bits per heavy atom. The van der Waals surface area contributed by atoms with Crippen LogP contribution in [0.5, 0.6) is 0 Å². The maximum atomic E-state index is 4.40. The summed E-state index contributed by atoms with van der Waals surface area (Å²) in [6.07, 6.45) is 5.65. The van der Waals surface area contributed by atoms with Gasteiger partial charge in [0.1, 0.15) is 0 Å². The molecule has 0 radical (unpaired) electrons. The van der Waals surface area contributed by atoms with E-state index in [1.165, 1.54) is 38.2 Å². The lowest BCUT2D eigenvalue weighted by atomic mass is 9.96. The van der Waals surface area contributed by atoms with Crippen LogP contribution in [0.4, 0.5) is 0 Å². The minimum absolute atomic E-state index is 0.758. The zero-order valence-electron chi connectivity index (χ0n) is 13.0. The van der Waals surface area contributed by atoms with E-state index >= 15 is 0 Å². The van der Waals surface area contributed by atoms with Crippen molar-refractivity contribution in [2.24, 2.45) is 11.8 Å². The van der Waals surface area contributed by atoms with Gasteiger partial charge in [-0.05, 0) is 63.0 Å². The molecule has 20 heavy (non-hydrogen) atoms. The van der Waals surface area contributed by atoms with Crippen LogP contribution >= 0.6 is 0 Å². The first-order chi connectivity index (χ1) is 9.74. The molecule has 3 heteroatoms. The quantitative estimate of drug-likeness (QED) is 0.829. The molecule has 0 aromatic carbocycles. The van der Waals surface area contributed by atoms with E-state index in [0.717, 1.165) is 31.3 Å². The molecule has 3 nitrogen and oxygen atoms in total. The highest BCUT2D eigenvalue weighted by atomic mass is 15.1. The fourth-order valence-corrected chi connectivity index (χ4v) is 2.81. The maximum Gasteiger partial charge on any atom is 0.0416 e. The Balaban J connectivity index is 1.59. The van der Waals surface area contributed by atoms with E-state index < -0.39 is 0 Å². The van der Waals surface area contributed by atoms with E-state index in [2.05, 4.69) is 41.2 Å². The number of aromatic nitrogens is 1. The minimum atomic E-state index is 0.758. The third-order valence-electron chi connectivity index (χ3n) is 4.10. The zero-order valence-corrected chi connectivity index (χ0v) is 13.0. The molecule has 1 aliphatic rings. The normalized spacial score (nSPS) is 17.8. The average Bonchev–Trinajstić information content (AvgIpc) is 2.47. The van der Waals surface area contributed by atoms with Gasteiger partial charge < -0.3 is 10.2 Å². The van der Waals surface area contributed by atoms with Crippen molar-refractivity contribution >= 4 is 0 Å². The third kappa shape index (κ3) is 5.59. The molecule has 0 aliphatic carbocycles. The summed E-state index contributed by atoms with van der Waals surface area (Å²) in [6, 6.07) is 6.19. The second kappa shape index (κ2) is 8.38. The summed E-state index contributed by atoms with van der Waals surface area (Å²) in [6.45, 7) is 10.6. The molecule has 2 heterocycles. The summed E-state index contributed by atoms with van der Waals surface area (Å²) in [5, 5.41) is 3.60. The lowest BCUT2D eigenvalue weighted by Crippen LogP contribution is -2.38. The van der Waals surface area contributed by atoms with E-state index in [1.54, 1.807) is 0 Å². The van der Waals surface area contributed by atoms with Crippen LogP contribution in [0.25, 0.3) is 0 Å². The minimum Gasteiger partial charge on any atom is -0.316 e. The van der Waals surface area contributed by atoms with Crippen LogP contribution in [0.15, 0.2) is 24.4 Å². The second-order valence-corrected chi connectivity index (χ2v) is 6.41. The standard InChI is InChI=1S/C17H29N3/c1-15(2)13-18-14-16-6-10-20(11-7-16)12-8-17-5-3-4-9-19-17/h3-5,9,15-16,18H,6-8,10-14H2,1-2H3. The van der Waals surface area contributed by atoms with E-state index in [9.17, 15) is 0 Å². The summed E-state index contributed by atoms with van der Waals surface area (Å²) in [5.41, 5.74) is 1.22. The lowest BCUT2D eigenvalue weighted by molar-refractivity contribution is 0.183. The molecular formula is C17H29N3. The smallest absolute Gasteiger partial charge is 0.0416 e. The van der Waals surface area contributed by atoms with Crippen molar-refractivity contribution in [3.05, 3.63) is 30.1 Å². The van der Waals surface area contributed by atoms with Gasteiger partial charge in [0.15, 0.2) is 0 Å². The average molecular weight is 275 g/mol. The molecule has 2 rings (SSSR count). The molecule has 112 valence electrons. The van der Waals surface area contributed by atoms with Crippen molar-refractivity contribution in [1.82, 2.24) is 15.2 Å². The monoisotopic (exact) mass is 275 g/mol. The predicted octanol–water partition coefficient (Wildman–Crippen LogP) is 2.58. The molecule has 0 unspecified atom stereocenters. The molecule has 0 amide bonds. The Hall–Kier alpha value is -0.930. The third-order valence-corrected chi connectivity index (χ3v) is 4.10. The summed E-state index contributed by atoms with van der Waals surface area (Å²) in [7, 11) is 0. The Morgan fingerprint density at radius 2 is 2.10 bits per heavy atom. The second-order valence-electron chi connectivity index (χ2n) is 6.41. The first-order valence-corrected chi connectivity index (χ1v) is 8.07. The van der Waals surface area contributed by atoms with E-state index in [0.29, 0.717) is 0 Å². The molecule has 1 aromatic heterocycles. The summed E-state index contributed by atoms with van der Waals surface area (Å²) < 4.78 is 0. The van der Waals surface area contributed by atoms with E-state index in [4.69, 9.17) is 0 Å². The van der Waals surface area contributed by atoms with Gasteiger partial charge >= 0.3 is 0 Å². The summed E-state index contributed by atoms with van der Waals surface area (Å²) in [4.78, 5) is 6.99. The number of pyridine rings is 1. The van der Waals surface area contributed by atoms with Crippen molar-refractivity contribution in [3.8, 4) is 0 Å². The lowest BCUT2D eigenvalue weighted by Gasteiger charge is -2.32. The highest BCUT2D eigenvalue weighted by Crippen LogP contribution is 2.16. The van der Waals surface area contributed by atoms with Crippen molar-refractivity contribution in [2.75, 3.05) is 32.7 Å². The molecule has 1 N–H and O–H groups in total. The predicted molar refractivity (Wildman–Crippen MR) is 84.8 cm³/mol. The molecule has 0 saturated carbocycles. The van der Waals surface area contributed by atoms with Gasteiger partial charge in [-0.2, -0.15) is 0 Å². The topological polar surface area (TPSA) is 28.2 Å². The van der Waals surface area contributed by atoms with E-state index in [-0.39, 0.29) is 0 Å². The van der Waals surface area contributed by atoms with Crippen LogP contribution in [0.3, 0.4) is 0 Å². The number of nitrogens with zero attached hydrogens (tertiary/aromatic N) is 2. The molecule has 1 saturated heterocycles. The molecule has 0 bridgehead atoms. The fourth-order valence-electron chi connectivity index (χ4n) is 2.81. The molecule has 0 spiro atoms. The van der Waals surface area contributed by atoms with Crippen LogP contribution in [0.1, 0.15) is 32.4 Å². The van der Waals surface area contributed by atoms with Gasteiger partial charge in [0.2, 0.25) is 0 Å². The van der Waals surface area contributed by atoms with Gasteiger partial charge in [-0.25, -0.2) is 0 Å². The number of nitrogens with one attached hydrogen (secondary N) is 1. The number of hydrogen-bond donors (Lipinski definition) is 1. The maximum absolute atomic E-state index is 4.40. The van der Waals surface area contributed by atoms with Crippen molar-refractivity contribution in [1.29, 1.82) is 0 Å². The SMILES string of the molecule is CC(C)CNCC1CCN(CCc2ccccn2)CC1. The van der Waals surface area contributed by atoms with Crippen LogP contribution in [-0.2, 0) is 6.42 Å². The number of rotatable bonds is 7. The van der Waals surface area contributed by atoms with Gasteiger partial charge in [-0.15, -0.1) is 0 Å². The Bertz CT molecular complexity index is 356. The van der Waals surface area contributed by atoms with Crippen LogP contribution < -0.4 is 5.32 Å². The number of hydrogen-bond acceptors (Lipinski definition) is 3. The Kier molecular flexibility index (Phi) is 6.48. The first kappa shape index (κ1) is 15.5. The van der Waals surface area contributed by atoms with Crippen molar-refractivity contribution in [3.63, 3.8) is 0 Å². The van der Waals surface area contributed by atoms with Crippen molar-refractivity contribution < 1.29 is 0 Å². The summed E-state index contributed by atoms with van der Waals surface area (Å²) >= 11 is 0. The van der Waals surface area contributed by atoms with Crippen LogP contribution in [-0.4, -0.2) is 42.6 Å². The van der Waals surface area contributed by atoms with Gasteiger partial charge in [0.05, 0.1) is 0 Å². The van der Waals surface area contributed by atoms with Gasteiger partial charge in [-0.3, -0.25) is 4.98 Å². The van der Waals surface area contributed by atoms with E-state index in [1.807, 2.05) is 12.3 Å². The van der Waals surface area contributed by atoms with Crippen LogP contribution in [0.2, 0.25) is 0 Å².